The molecule has 2 aliphatic rings. The Bertz CT molecular complexity index is 866. The smallest absolute Gasteiger partial charge is 0.335 e. The topological polar surface area (TPSA) is 85.2 Å². The summed E-state index contributed by atoms with van der Waals surface area (Å²) in [6.07, 6.45) is 6.44. The van der Waals surface area contributed by atoms with Crippen molar-refractivity contribution >= 4 is 35.4 Å². The minimum absolute atomic E-state index is 0.121. The van der Waals surface area contributed by atoms with E-state index in [2.05, 4.69) is 4.99 Å². The van der Waals surface area contributed by atoms with Gasteiger partial charge in [-0.15, -0.1) is 11.8 Å². The van der Waals surface area contributed by atoms with Crippen molar-refractivity contribution in [1.29, 1.82) is 0 Å². The summed E-state index contributed by atoms with van der Waals surface area (Å²) in [4.78, 5) is 27.8. The number of aliphatic imine (C=N–C) groups is 1. The summed E-state index contributed by atoms with van der Waals surface area (Å²) in [5.74, 6) is -0.251. The molecule has 1 N–H and O–H groups in total. The summed E-state index contributed by atoms with van der Waals surface area (Å²) in [6.45, 7) is 0. The Hall–Kier alpha value is -2.80. The van der Waals surface area contributed by atoms with Crippen molar-refractivity contribution in [3.8, 4) is 11.5 Å². The van der Waals surface area contributed by atoms with Crippen LogP contribution in [0.1, 0.15) is 5.56 Å². The van der Waals surface area contributed by atoms with Crippen molar-refractivity contribution in [2.24, 2.45) is 4.99 Å². The van der Waals surface area contributed by atoms with E-state index in [9.17, 15) is 9.59 Å². The highest BCUT2D eigenvalue weighted by Crippen LogP contribution is 2.35. The number of nitrogens with zero attached hydrogens (tertiary/aromatic N) is 1. The monoisotopic (exact) mass is 357 g/mol. The van der Waals surface area contributed by atoms with Crippen LogP contribution in [0.15, 0.2) is 51.9 Å². The number of fused-ring (bicyclic) bond motifs is 1. The Morgan fingerprint density at radius 2 is 2.04 bits per heavy atom. The summed E-state index contributed by atoms with van der Waals surface area (Å²) >= 11 is 1.34. The number of aliphatic carboxylic acids is 1. The molecule has 1 aliphatic carbocycles. The molecule has 1 aromatic rings. The lowest BCUT2D eigenvalue weighted by Crippen LogP contribution is -2.24. The van der Waals surface area contributed by atoms with Crippen molar-refractivity contribution in [3.05, 3.63) is 52.5 Å². The third kappa shape index (κ3) is 3.51. The van der Waals surface area contributed by atoms with Crippen molar-refractivity contribution in [3.63, 3.8) is 0 Å². The summed E-state index contributed by atoms with van der Waals surface area (Å²) < 4.78 is 10.5. The number of carbonyl (C=O) groups excluding carboxylic acids is 1. The fourth-order valence-electron chi connectivity index (χ4n) is 2.46. The van der Waals surface area contributed by atoms with Crippen LogP contribution in [0.25, 0.3) is 6.08 Å². The fourth-order valence-corrected chi connectivity index (χ4v) is 3.48. The minimum Gasteiger partial charge on any atom is -0.493 e. The lowest BCUT2D eigenvalue weighted by Gasteiger charge is -2.21. The maximum atomic E-state index is 12.3. The second-order valence-electron chi connectivity index (χ2n) is 5.27. The van der Waals surface area contributed by atoms with Gasteiger partial charge in [-0.2, -0.15) is 0 Å². The van der Waals surface area contributed by atoms with Crippen LogP contribution in [0.4, 0.5) is 0 Å². The van der Waals surface area contributed by atoms with E-state index < -0.39 is 5.97 Å². The van der Waals surface area contributed by atoms with E-state index in [-0.39, 0.29) is 16.7 Å². The Morgan fingerprint density at radius 3 is 2.72 bits per heavy atom. The first-order chi connectivity index (χ1) is 12.0. The van der Waals surface area contributed by atoms with Crippen molar-refractivity contribution < 1.29 is 24.2 Å². The van der Waals surface area contributed by atoms with Crippen LogP contribution in [0.5, 0.6) is 11.5 Å². The molecule has 0 saturated heterocycles. The molecule has 1 aromatic carbocycles. The maximum absolute atomic E-state index is 12.3. The molecule has 3 rings (SSSR count). The average molecular weight is 357 g/mol. The number of carboxylic acids is 1. The number of hydrogen-bond acceptors (Lipinski definition) is 5. The van der Waals surface area contributed by atoms with Gasteiger partial charge in [-0.1, -0.05) is 18.2 Å². The van der Waals surface area contributed by atoms with Gasteiger partial charge in [0.25, 0.3) is 5.91 Å². The second kappa shape index (κ2) is 6.98. The largest absolute Gasteiger partial charge is 0.493 e. The lowest BCUT2D eigenvalue weighted by molar-refractivity contribution is -0.132. The molecular weight excluding hydrogens is 342 g/mol. The number of thioether (sulfide) groups is 1. The molecule has 1 aliphatic heterocycles. The highest BCUT2D eigenvalue weighted by molar-refractivity contribution is 8.05. The van der Waals surface area contributed by atoms with Crippen molar-refractivity contribution in [2.75, 3.05) is 14.2 Å². The SMILES string of the molecule is COc1ccc(/C=C2\SC3C=CC(C(=O)O)=CC3=NC2=O)cc1OC. The molecule has 25 heavy (non-hydrogen) atoms. The van der Waals surface area contributed by atoms with E-state index in [0.717, 1.165) is 5.56 Å². The van der Waals surface area contributed by atoms with Gasteiger partial charge in [0.15, 0.2) is 11.5 Å². The number of ether oxygens (including phenoxy) is 2. The summed E-state index contributed by atoms with van der Waals surface area (Å²) in [5.41, 5.74) is 1.36. The van der Waals surface area contributed by atoms with Crippen molar-refractivity contribution in [1.82, 2.24) is 0 Å². The Morgan fingerprint density at radius 1 is 1.28 bits per heavy atom. The molecule has 7 heteroatoms. The molecular formula is C18H15NO5S. The highest BCUT2D eigenvalue weighted by Gasteiger charge is 2.28. The maximum Gasteiger partial charge on any atom is 0.335 e. The summed E-state index contributed by atoms with van der Waals surface area (Å²) in [5, 5.41) is 8.86. The first-order valence-corrected chi connectivity index (χ1v) is 8.26. The number of methoxy groups -OCH3 is 2. The normalized spacial score (nSPS) is 20.6. The highest BCUT2D eigenvalue weighted by atomic mass is 32.2. The van der Waals surface area contributed by atoms with Crippen molar-refractivity contribution in [2.45, 2.75) is 5.25 Å². The molecule has 0 bridgehead atoms. The number of amides is 1. The van der Waals surface area contributed by atoms with Gasteiger partial charge < -0.3 is 14.6 Å². The van der Waals surface area contributed by atoms with Crippen LogP contribution in [-0.2, 0) is 9.59 Å². The Labute approximate surface area is 148 Å². The quantitative estimate of drug-likeness (QED) is 0.834. The molecule has 1 amide bonds. The molecule has 128 valence electrons. The van der Waals surface area contributed by atoms with Gasteiger partial charge in [-0.3, -0.25) is 4.79 Å². The van der Waals surface area contributed by atoms with E-state index in [0.29, 0.717) is 22.1 Å². The average Bonchev–Trinajstić information content (AvgIpc) is 2.61. The molecule has 0 spiro atoms. The Kier molecular flexibility index (Phi) is 4.76. The molecule has 1 atom stereocenters. The van der Waals surface area contributed by atoms with Crippen LogP contribution < -0.4 is 9.47 Å². The molecule has 0 aromatic heterocycles. The zero-order chi connectivity index (χ0) is 18.0. The standard InChI is InChI=1S/C18H15NO5S/c1-23-13-5-3-10(7-14(13)24-2)8-16-17(20)19-12-9-11(18(21)22)4-6-15(12)25-16/h3-9,15H,1-2H3,(H,21,22)/b16-8-. The van der Waals surface area contributed by atoms with E-state index in [4.69, 9.17) is 14.6 Å². The van der Waals surface area contributed by atoms with Gasteiger partial charge in [-0.05, 0) is 29.8 Å². The van der Waals surface area contributed by atoms with Gasteiger partial charge in [0.2, 0.25) is 0 Å². The zero-order valence-corrected chi connectivity index (χ0v) is 14.4. The van der Waals surface area contributed by atoms with Crippen LogP contribution in [0.2, 0.25) is 0 Å². The number of rotatable bonds is 4. The van der Waals surface area contributed by atoms with E-state index in [1.807, 2.05) is 6.07 Å². The van der Waals surface area contributed by atoms with Crippen LogP contribution in [-0.4, -0.2) is 42.2 Å². The van der Waals surface area contributed by atoms with Crippen LogP contribution >= 0.6 is 11.8 Å². The number of benzene rings is 1. The predicted octanol–water partition coefficient (Wildman–Crippen LogP) is 2.71. The lowest BCUT2D eigenvalue weighted by atomic mass is 10.0. The molecule has 0 radical (unpaired) electrons. The number of allylic oxidation sites excluding steroid dienone is 1. The van der Waals surface area contributed by atoms with Crippen LogP contribution in [0, 0.1) is 0 Å². The van der Waals surface area contributed by atoms with E-state index in [1.165, 1.54) is 23.9 Å². The summed E-state index contributed by atoms with van der Waals surface area (Å²) in [6, 6.07) is 5.36. The molecule has 1 unspecified atom stereocenters. The Balaban J connectivity index is 1.91. The second-order valence-corrected chi connectivity index (χ2v) is 6.45. The van der Waals surface area contributed by atoms with Gasteiger partial charge in [0.1, 0.15) is 0 Å². The fraction of sp³-hybridized carbons (Fsp3) is 0.167. The number of hydrogen-bond donors (Lipinski definition) is 1. The van der Waals surface area contributed by atoms with Gasteiger partial charge in [0, 0.05) is 0 Å². The van der Waals surface area contributed by atoms with Gasteiger partial charge in [0.05, 0.1) is 35.7 Å². The van der Waals surface area contributed by atoms with Gasteiger partial charge >= 0.3 is 5.97 Å². The van der Waals surface area contributed by atoms with Crippen LogP contribution in [0.3, 0.4) is 0 Å². The number of carbonyl (C=O) groups is 2. The first-order valence-electron chi connectivity index (χ1n) is 7.38. The third-order valence-corrected chi connectivity index (χ3v) is 4.89. The molecule has 1 heterocycles. The van der Waals surface area contributed by atoms with Gasteiger partial charge in [-0.25, -0.2) is 9.79 Å². The van der Waals surface area contributed by atoms with E-state index in [1.54, 1.807) is 38.5 Å². The molecule has 0 fully saturated rings. The third-order valence-electron chi connectivity index (χ3n) is 3.69. The predicted molar refractivity (Wildman–Crippen MR) is 96.2 cm³/mol. The minimum atomic E-state index is -1.04. The molecule has 0 saturated carbocycles. The summed E-state index contributed by atoms with van der Waals surface area (Å²) in [7, 11) is 3.10. The van der Waals surface area contributed by atoms with E-state index >= 15 is 0 Å². The molecule has 6 nitrogen and oxygen atoms in total. The first kappa shape index (κ1) is 17.0. The number of carboxylic acid groups (broad SMARTS) is 1. The zero-order valence-electron chi connectivity index (χ0n) is 13.6.